The quantitative estimate of drug-likeness (QED) is 0.646. The lowest BCUT2D eigenvalue weighted by Gasteiger charge is -2.29. The molecule has 0 aliphatic carbocycles. The summed E-state index contributed by atoms with van der Waals surface area (Å²) in [5, 5.41) is 0. The highest BCUT2D eigenvalue weighted by Crippen LogP contribution is 2.31. The average Bonchev–Trinajstić information content (AvgIpc) is 3.28. The summed E-state index contributed by atoms with van der Waals surface area (Å²) in [4.78, 5) is 14.2. The molecule has 162 valence electrons. The smallest absolute Gasteiger partial charge is 0.337 e. The van der Waals surface area contributed by atoms with Crippen LogP contribution in [0.25, 0.3) is 0 Å². The van der Waals surface area contributed by atoms with Crippen molar-refractivity contribution < 1.29 is 22.7 Å². The minimum absolute atomic E-state index is 0.0746. The molecule has 1 aliphatic heterocycles. The summed E-state index contributed by atoms with van der Waals surface area (Å²) < 4.78 is 39.2. The highest BCUT2D eigenvalue weighted by atomic mass is 32.2. The maximum atomic E-state index is 13.1. The highest BCUT2D eigenvalue weighted by Gasteiger charge is 2.28. The summed E-state index contributed by atoms with van der Waals surface area (Å²) in [5.74, 6) is 0.160. The average molecular weight is 433 g/mol. The summed E-state index contributed by atoms with van der Waals surface area (Å²) in [6.45, 7) is 3.71. The van der Waals surface area contributed by atoms with Gasteiger partial charge in [-0.15, -0.1) is 0 Å². The normalized spacial score (nSPS) is 15.7. The fourth-order valence-electron chi connectivity index (χ4n) is 3.83. The predicted molar refractivity (Wildman–Crippen MR) is 114 cm³/mol. The summed E-state index contributed by atoms with van der Waals surface area (Å²) in [6, 6.07) is 12.1. The minimum Gasteiger partial charge on any atom is -0.496 e. The Kier molecular flexibility index (Phi) is 7.12. The third kappa shape index (κ3) is 4.83. The fraction of sp³-hybridized carbons (Fsp3) is 0.409. The van der Waals surface area contributed by atoms with Crippen LogP contribution in [0.3, 0.4) is 0 Å². The van der Waals surface area contributed by atoms with Gasteiger partial charge in [0.1, 0.15) is 5.75 Å². The summed E-state index contributed by atoms with van der Waals surface area (Å²) in [5.41, 5.74) is 1.71. The number of hydrogen-bond donors (Lipinski definition) is 1. The van der Waals surface area contributed by atoms with Gasteiger partial charge in [-0.2, -0.15) is 0 Å². The van der Waals surface area contributed by atoms with Crippen LogP contribution in [0.15, 0.2) is 47.4 Å². The van der Waals surface area contributed by atoms with Crippen molar-refractivity contribution in [3.63, 3.8) is 0 Å². The molecular formula is C22H28N2O5S. The number of nitrogens with one attached hydrogen (secondary N) is 1. The van der Waals surface area contributed by atoms with Crippen LogP contribution < -0.4 is 9.46 Å². The number of rotatable bonds is 8. The van der Waals surface area contributed by atoms with Crippen LogP contribution >= 0.6 is 0 Å². The minimum atomic E-state index is -3.83. The molecule has 1 N–H and O–H groups in total. The Morgan fingerprint density at radius 1 is 1.13 bits per heavy atom. The van der Waals surface area contributed by atoms with Crippen molar-refractivity contribution in [3.05, 3.63) is 59.2 Å². The monoisotopic (exact) mass is 432 g/mol. The largest absolute Gasteiger partial charge is 0.496 e. The molecule has 7 nitrogen and oxygen atoms in total. The zero-order chi connectivity index (χ0) is 21.7. The van der Waals surface area contributed by atoms with E-state index in [4.69, 9.17) is 9.47 Å². The van der Waals surface area contributed by atoms with Crippen molar-refractivity contribution in [2.45, 2.75) is 30.7 Å². The topological polar surface area (TPSA) is 84.9 Å². The number of carbonyl (C=O) groups is 1. The molecule has 0 bridgehead atoms. The van der Waals surface area contributed by atoms with Crippen molar-refractivity contribution in [2.75, 3.05) is 33.9 Å². The molecule has 2 aromatic carbocycles. The van der Waals surface area contributed by atoms with Gasteiger partial charge in [-0.25, -0.2) is 17.9 Å². The third-order valence-corrected chi connectivity index (χ3v) is 7.01. The number of ether oxygens (including phenoxy) is 2. The first-order valence-corrected chi connectivity index (χ1v) is 11.4. The molecule has 0 amide bonds. The van der Waals surface area contributed by atoms with Gasteiger partial charge in [-0.05, 0) is 56.6 Å². The van der Waals surface area contributed by atoms with Crippen LogP contribution in [0.1, 0.15) is 40.4 Å². The van der Waals surface area contributed by atoms with Gasteiger partial charge >= 0.3 is 5.97 Å². The molecule has 0 radical (unpaired) electrons. The Morgan fingerprint density at radius 2 is 1.83 bits per heavy atom. The number of benzene rings is 2. The van der Waals surface area contributed by atoms with Gasteiger partial charge < -0.3 is 9.47 Å². The van der Waals surface area contributed by atoms with Gasteiger partial charge in [-0.1, -0.05) is 24.3 Å². The van der Waals surface area contributed by atoms with Gasteiger partial charge in [0.15, 0.2) is 0 Å². The van der Waals surface area contributed by atoms with Crippen LogP contribution in [0, 0.1) is 6.92 Å². The van der Waals surface area contributed by atoms with Crippen LogP contribution in [-0.2, 0) is 14.8 Å². The van der Waals surface area contributed by atoms with Crippen LogP contribution in [0.4, 0.5) is 0 Å². The van der Waals surface area contributed by atoms with Gasteiger partial charge in [0.2, 0.25) is 10.0 Å². The molecule has 2 aromatic rings. The van der Waals surface area contributed by atoms with E-state index in [1.54, 1.807) is 26.2 Å². The van der Waals surface area contributed by atoms with Gasteiger partial charge in [-0.3, -0.25) is 4.90 Å². The number of carbonyl (C=O) groups excluding carboxylic acids is 1. The second-order valence-corrected chi connectivity index (χ2v) is 9.06. The predicted octanol–water partition coefficient (Wildman–Crippen LogP) is 2.91. The van der Waals surface area contributed by atoms with E-state index in [0.29, 0.717) is 5.56 Å². The number of para-hydroxylation sites is 1. The molecule has 8 heteroatoms. The third-order valence-electron chi connectivity index (χ3n) is 5.44. The first-order chi connectivity index (χ1) is 14.4. The maximum absolute atomic E-state index is 13.1. The molecule has 0 aromatic heterocycles. The van der Waals surface area contributed by atoms with Gasteiger partial charge in [0, 0.05) is 12.1 Å². The molecule has 3 rings (SSSR count). The first kappa shape index (κ1) is 22.3. The molecular weight excluding hydrogens is 404 g/mol. The summed E-state index contributed by atoms with van der Waals surface area (Å²) in [7, 11) is -0.949. The number of hydrogen-bond acceptors (Lipinski definition) is 6. The van der Waals surface area contributed by atoms with Crippen LogP contribution in [0.2, 0.25) is 0 Å². The van der Waals surface area contributed by atoms with E-state index < -0.39 is 16.0 Å². The SMILES string of the molecule is COC(=O)c1ccc(C)c(S(=O)(=O)NC[C@H](c2ccccc2OC)N2CCCC2)c1. The van der Waals surface area contributed by atoms with Gasteiger partial charge in [0.25, 0.3) is 0 Å². The molecule has 1 aliphatic rings. The number of esters is 1. The standard InChI is InChI=1S/C22H28N2O5S/c1-16-10-11-17(22(25)29-3)14-21(16)30(26,27)23-15-19(24-12-6-7-13-24)18-8-4-5-9-20(18)28-2/h4-5,8-11,14,19,23H,6-7,12-13,15H2,1-3H3/t19-/m1/s1. The Labute approximate surface area is 178 Å². The summed E-state index contributed by atoms with van der Waals surface area (Å²) >= 11 is 0. The molecule has 1 atom stereocenters. The number of aryl methyl sites for hydroxylation is 1. The molecule has 0 spiro atoms. The zero-order valence-electron chi connectivity index (χ0n) is 17.6. The molecule has 1 fully saturated rings. The Bertz CT molecular complexity index is 1000. The molecule has 0 unspecified atom stereocenters. The first-order valence-electron chi connectivity index (χ1n) is 9.93. The van der Waals surface area contributed by atoms with Crippen LogP contribution in [0.5, 0.6) is 5.75 Å². The Hall–Kier alpha value is -2.42. The van der Waals surface area contributed by atoms with Crippen molar-refractivity contribution in [1.82, 2.24) is 9.62 Å². The number of likely N-dealkylation sites (tertiary alicyclic amines) is 1. The number of sulfonamides is 1. The zero-order valence-corrected chi connectivity index (χ0v) is 18.4. The molecule has 1 saturated heterocycles. The van der Waals surface area contributed by atoms with E-state index in [0.717, 1.165) is 37.2 Å². The van der Waals surface area contributed by atoms with Crippen molar-refractivity contribution in [1.29, 1.82) is 0 Å². The number of methoxy groups -OCH3 is 2. The maximum Gasteiger partial charge on any atom is 0.337 e. The van der Waals surface area contributed by atoms with Crippen molar-refractivity contribution in [2.24, 2.45) is 0 Å². The molecule has 30 heavy (non-hydrogen) atoms. The van der Waals surface area contributed by atoms with E-state index in [9.17, 15) is 13.2 Å². The lowest BCUT2D eigenvalue weighted by atomic mass is 10.0. The lowest BCUT2D eigenvalue weighted by molar-refractivity contribution is 0.0600. The van der Waals surface area contributed by atoms with Crippen LogP contribution in [-0.4, -0.2) is 53.1 Å². The lowest BCUT2D eigenvalue weighted by Crippen LogP contribution is -2.37. The molecule has 1 heterocycles. The van der Waals surface area contributed by atoms with Crippen molar-refractivity contribution >= 4 is 16.0 Å². The van der Waals surface area contributed by atoms with E-state index in [1.165, 1.54) is 13.2 Å². The van der Waals surface area contributed by atoms with Gasteiger partial charge in [0.05, 0.1) is 30.7 Å². The Balaban J connectivity index is 1.89. The van der Waals surface area contributed by atoms with Crippen molar-refractivity contribution in [3.8, 4) is 5.75 Å². The second-order valence-electron chi connectivity index (χ2n) is 7.32. The van der Waals surface area contributed by atoms with E-state index in [1.807, 2.05) is 24.3 Å². The molecule has 0 saturated carbocycles. The highest BCUT2D eigenvalue weighted by molar-refractivity contribution is 7.89. The van der Waals surface area contributed by atoms with E-state index in [-0.39, 0.29) is 23.0 Å². The second kappa shape index (κ2) is 9.59. The Morgan fingerprint density at radius 3 is 2.50 bits per heavy atom. The van der Waals surface area contributed by atoms with E-state index in [2.05, 4.69) is 9.62 Å². The fourth-order valence-corrected chi connectivity index (χ4v) is 5.14. The van der Waals surface area contributed by atoms with E-state index >= 15 is 0 Å². The summed E-state index contributed by atoms with van der Waals surface area (Å²) in [6.07, 6.45) is 2.16. The number of nitrogens with zero attached hydrogens (tertiary/aromatic N) is 1.